The van der Waals surface area contributed by atoms with E-state index in [0.29, 0.717) is 12.5 Å². The highest BCUT2D eigenvalue weighted by Gasteiger charge is 2.09. The maximum absolute atomic E-state index is 11.7. The molecular weight excluding hydrogens is 302 g/mol. The number of nitrogens with zero attached hydrogens (tertiary/aromatic N) is 2. The summed E-state index contributed by atoms with van der Waals surface area (Å²) in [5, 5.41) is 2.96. The molecule has 0 radical (unpaired) electrons. The highest BCUT2D eigenvalue weighted by Crippen LogP contribution is 2.23. The minimum atomic E-state index is -0.0700. The summed E-state index contributed by atoms with van der Waals surface area (Å²) < 4.78 is 5.45. The van der Waals surface area contributed by atoms with Crippen LogP contribution in [0.2, 0.25) is 0 Å². The largest absolute Gasteiger partial charge is 0.478 e. The molecule has 5 nitrogen and oxygen atoms in total. The fourth-order valence-corrected chi connectivity index (χ4v) is 2.39. The first-order chi connectivity index (χ1) is 11.5. The third kappa shape index (κ3) is 4.98. The quantitative estimate of drug-likeness (QED) is 0.885. The third-order valence-electron chi connectivity index (χ3n) is 3.63. The molecule has 128 valence electrons. The summed E-state index contributed by atoms with van der Waals surface area (Å²) in [6.07, 6.45) is 2.55. The predicted molar refractivity (Wildman–Crippen MR) is 96.2 cm³/mol. The normalized spacial score (nSPS) is 11.7. The van der Waals surface area contributed by atoms with E-state index >= 15 is 0 Å². The highest BCUT2D eigenvalue weighted by molar-refractivity contribution is 5.73. The molecule has 0 fully saturated rings. The Labute approximate surface area is 143 Å². The van der Waals surface area contributed by atoms with E-state index in [1.54, 1.807) is 25.2 Å². The number of hydrogen-bond acceptors (Lipinski definition) is 3. The number of urea groups is 1. The van der Waals surface area contributed by atoms with Crippen molar-refractivity contribution in [1.82, 2.24) is 15.2 Å². The van der Waals surface area contributed by atoms with Crippen molar-refractivity contribution >= 4 is 6.03 Å². The lowest BCUT2D eigenvalue weighted by atomic mass is 10.0. The van der Waals surface area contributed by atoms with Crippen LogP contribution in [0.15, 0.2) is 42.6 Å². The molecule has 24 heavy (non-hydrogen) atoms. The van der Waals surface area contributed by atoms with Crippen LogP contribution in [0.5, 0.6) is 5.88 Å². The Morgan fingerprint density at radius 3 is 2.54 bits per heavy atom. The van der Waals surface area contributed by atoms with Gasteiger partial charge in [0.2, 0.25) is 5.88 Å². The van der Waals surface area contributed by atoms with Crippen molar-refractivity contribution in [1.29, 1.82) is 0 Å². The second kappa shape index (κ2) is 8.34. The Bertz CT molecular complexity index is 669. The monoisotopic (exact) mass is 327 g/mol. The van der Waals surface area contributed by atoms with E-state index in [9.17, 15) is 4.79 Å². The zero-order valence-corrected chi connectivity index (χ0v) is 14.7. The summed E-state index contributed by atoms with van der Waals surface area (Å²) in [6.45, 7) is 4.55. The fraction of sp³-hybridized carbons (Fsp3) is 0.368. The molecule has 0 aliphatic heterocycles. The lowest BCUT2D eigenvalue weighted by Gasteiger charge is -2.18. The van der Waals surface area contributed by atoms with Crippen molar-refractivity contribution in [3.05, 3.63) is 48.2 Å². The molecule has 0 spiro atoms. The van der Waals surface area contributed by atoms with E-state index in [1.807, 2.05) is 26.0 Å². The van der Waals surface area contributed by atoms with Gasteiger partial charge in [-0.2, -0.15) is 0 Å². The minimum Gasteiger partial charge on any atom is -0.478 e. The topological polar surface area (TPSA) is 54.5 Å². The van der Waals surface area contributed by atoms with Gasteiger partial charge in [0, 0.05) is 32.4 Å². The number of amides is 2. The molecule has 1 N–H and O–H groups in total. The first kappa shape index (κ1) is 17.8. The molecule has 1 atom stereocenters. The van der Waals surface area contributed by atoms with Crippen LogP contribution >= 0.6 is 0 Å². The molecule has 1 unspecified atom stereocenters. The van der Waals surface area contributed by atoms with E-state index < -0.39 is 0 Å². The van der Waals surface area contributed by atoms with Crippen molar-refractivity contribution in [3.63, 3.8) is 0 Å². The standard InChI is InChI=1S/C19H25N3O2/c1-5-24-18-13-17(10-11-20-18)16-8-6-15(7-9-16)12-14(2)21-19(23)22(3)4/h6-11,13-14H,5,12H2,1-4H3,(H,21,23). The number of pyridine rings is 1. The molecule has 0 aliphatic rings. The molecule has 0 aliphatic carbocycles. The van der Waals surface area contributed by atoms with Crippen LogP contribution < -0.4 is 10.1 Å². The first-order valence-corrected chi connectivity index (χ1v) is 8.15. The van der Waals surface area contributed by atoms with Gasteiger partial charge < -0.3 is 15.0 Å². The summed E-state index contributed by atoms with van der Waals surface area (Å²) in [4.78, 5) is 17.4. The van der Waals surface area contributed by atoms with Crippen molar-refractivity contribution in [3.8, 4) is 17.0 Å². The van der Waals surface area contributed by atoms with Crippen molar-refractivity contribution in [2.45, 2.75) is 26.3 Å². The Morgan fingerprint density at radius 2 is 1.92 bits per heavy atom. The average molecular weight is 327 g/mol. The zero-order valence-electron chi connectivity index (χ0n) is 14.7. The van der Waals surface area contributed by atoms with Crippen molar-refractivity contribution < 1.29 is 9.53 Å². The summed E-state index contributed by atoms with van der Waals surface area (Å²) in [5.74, 6) is 0.638. The number of ether oxygens (including phenoxy) is 1. The Morgan fingerprint density at radius 1 is 1.21 bits per heavy atom. The van der Waals surface area contributed by atoms with Gasteiger partial charge in [-0.25, -0.2) is 9.78 Å². The van der Waals surface area contributed by atoms with Gasteiger partial charge in [0.05, 0.1) is 6.61 Å². The second-order valence-corrected chi connectivity index (χ2v) is 5.96. The van der Waals surface area contributed by atoms with Crippen LogP contribution in [0.4, 0.5) is 4.79 Å². The number of aromatic nitrogens is 1. The van der Waals surface area contributed by atoms with Gasteiger partial charge in [-0.15, -0.1) is 0 Å². The molecule has 0 bridgehead atoms. The van der Waals surface area contributed by atoms with Crippen LogP contribution in [0.3, 0.4) is 0 Å². The molecule has 1 aromatic carbocycles. The summed E-state index contributed by atoms with van der Waals surface area (Å²) in [6, 6.07) is 12.3. The smallest absolute Gasteiger partial charge is 0.317 e. The van der Waals surface area contributed by atoms with Crippen LogP contribution in [0, 0.1) is 0 Å². The van der Waals surface area contributed by atoms with E-state index in [2.05, 4.69) is 34.6 Å². The number of hydrogen-bond donors (Lipinski definition) is 1. The molecular formula is C19H25N3O2. The van der Waals surface area contributed by atoms with Gasteiger partial charge >= 0.3 is 6.03 Å². The van der Waals surface area contributed by atoms with Gasteiger partial charge in [0.25, 0.3) is 0 Å². The minimum absolute atomic E-state index is 0.0700. The second-order valence-electron chi connectivity index (χ2n) is 5.96. The molecule has 2 amide bonds. The lowest BCUT2D eigenvalue weighted by molar-refractivity contribution is 0.214. The van der Waals surface area contributed by atoms with E-state index in [-0.39, 0.29) is 12.1 Å². The van der Waals surface area contributed by atoms with Gasteiger partial charge in [0.15, 0.2) is 0 Å². The van der Waals surface area contributed by atoms with Crippen LogP contribution in [-0.2, 0) is 6.42 Å². The average Bonchev–Trinajstić information content (AvgIpc) is 2.56. The predicted octanol–water partition coefficient (Wildman–Crippen LogP) is 3.35. The molecule has 5 heteroatoms. The molecule has 0 saturated heterocycles. The van der Waals surface area contributed by atoms with Crippen LogP contribution in [0.25, 0.3) is 11.1 Å². The first-order valence-electron chi connectivity index (χ1n) is 8.15. The lowest BCUT2D eigenvalue weighted by Crippen LogP contribution is -2.40. The van der Waals surface area contributed by atoms with Crippen LogP contribution in [0.1, 0.15) is 19.4 Å². The van der Waals surface area contributed by atoms with Crippen molar-refractivity contribution in [2.75, 3.05) is 20.7 Å². The Kier molecular flexibility index (Phi) is 6.18. The fourth-order valence-electron chi connectivity index (χ4n) is 2.39. The summed E-state index contributed by atoms with van der Waals surface area (Å²) >= 11 is 0. The molecule has 1 aromatic heterocycles. The summed E-state index contributed by atoms with van der Waals surface area (Å²) in [5.41, 5.74) is 3.38. The molecule has 2 aromatic rings. The van der Waals surface area contributed by atoms with E-state index in [0.717, 1.165) is 17.5 Å². The maximum Gasteiger partial charge on any atom is 0.317 e. The highest BCUT2D eigenvalue weighted by atomic mass is 16.5. The van der Waals surface area contributed by atoms with E-state index in [4.69, 9.17) is 4.74 Å². The van der Waals surface area contributed by atoms with E-state index in [1.165, 1.54) is 5.56 Å². The molecule has 2 rings (SSSR count). The number of nitrogens with one attached hydrogen (secondary N) is 1. The van der Waals surface area contributed by atoms with Gasteiger partial charge in [-0.05, 0) is 43.0 Å². The molecule has 0 saturated carbocycles. The SMILES string of the molecule is CCOc1cc(-c2ccc(CC(C)NC(=O)N(C)C)cc2)ccn1. The zero-order chi connectivity index (χ0) is 17.5. The van der Waals surface area contributed by atoms with Gasteiger partial charge in [-0.3, -0.25) is 0 Å². The summed E-state index contributed by atoms with van der Waals surface area (Å²) in [7, 11) is 3.48. The Hall–Kier alpha value is -2.56. The third-order valence-corrected chi connectivity index (χ3v) is 3.63. The maximum atomic E-state index is 11.7. The number of rotatable bonds is 6. The molecule has 1 heterocycles. The Balaban J connectivity index is 2.02. The van der Waals surface area contributed by atoms with Gasteiger partial charge in [-0.1, -0.05) is 24.3 Å². The number of carbonyl (C=O) groups is 1. The number of carbonyl (C=O) groups excluding carboxylic acids is 1. The van der Waals surface area contributed by atoms with Crippen LogP contribution in [-0.4, -0.2) is 42.7 Å². The van der Waals surface area contributed by atoms with Gasteiger partial charge in [0.1, 0.15) is 0 Å². The number of benzene rings is 1. The van der Waals surface area contributed by atoms with Crippen molar-refractivity contribution in [2.24, 2.45) is 0 Å².